The second kappa shape index (κ2) is 5.98. The van der Waals surface area contributed by atoms with Crippen LogP contribution >= 0.6 is 0 Å². The van der Waals surface area contributed by atoms with Gasteiger partial charge in [-0.15, -0.1) is 0 Å². The number of guanidine groups is 1. The van der Waals surface area contributed by atoms with Gasteiger partial charge in [0.25, 0.3) is 0 Å². The molecule has 1 N–H and O–H groups in total. The molecule has 5 nitrogen and oxygen atoms in total. The van der Waals surface area contributed by atoms with E-state index in [1.54, 1.807) is 0 Å². The van der Waals surface area contributed by atoms with Gasteiger partial charge in [-0.2, -0.15) is 13.2 Å². The Bertz CT molecular complexity index is 473. The lowest BCUT2D eigenvalue weighted by molar-refractivity contribution is -0.137. The molecule has 0 aliphatic carbocycles. The standard InChI is InChI=1S/C12H15F3N4O/c1-19-6-4-16-11(19)17-5-7-20-10-3-2-9(8-18-10)12(13,14)15/h2-3,8H,4-7H2,1H3,(H,16,17). The molecule has 0 unspecified atom stereocenters. The summed E-state index contributed by atoms with van der Waals surface area (Å²) in [5, 5.41) is 3.08. The molecule has 0 bridgehead atoms. The van der Waals surface area contributed by atoms with E-state index in [2.05, 4.69) is 15.3 Å². The lowest BCUT2D eigenvalue weighted by Gasteiger charge is -2.15. The molecule has 1 aromatic rings. The van der Waals surface area contributed by atoms with Crippen LogP contribution in [0.1, 0.15) is 5.56 Å². The minimum atomic E-state index is -4.38. The fraction of sp³-hybridized carbons (Fsp3) is 0.500. The molecule has 2 heterocycles. The lowest BCUT2D eigenvalue weighted by Crippen LogP contribution is -2.37. The van der Waals surface area contributed by atoms with E-state index in [1.807, 2.05) is 11.9 Å². The zero-order valence-corrected chi connectivity index (χ0v) is 10.9. The highest BCUT2D eigenvalue weighted by atomic mass is 19.4. The minimum absolute atomic E-state index is 0.168. The number of hydrogen-bond donors (Lipinski definition) is 1. The van der Waals surface area contributed by atoms with E-state index < -0.39 is 11.7 Å². The topological polar surface area (TPSA) is 49.8 Å². The van der Waals surface area contributed by atoms with E-state index in [1.165, 1.54) is 6.07 Å². The number of ether oxygens (including phenoxy) is 1. The molecule has 0 atom stereocenters. The van der Waals surface area contributed by atoms with Gasteiger partial charge in [0.1, 0.15) is 6.61 Å². The van der Waals surface area contributed by atoms with Crippen molar-refractivity contribution in [1.82, 2.24) is 15.2 Å². The average molecular weight is 288 g/mol. The highest BCUT2D eigenvalue weighted by Crippen LogP contribution is 2.29. The maximum absolute atomic E-state index is 12.3. The van der Waals surface area contributed by atoms with Gasteiger partial charge in [0.05, 0.1) is 18.7 Å². The van der Waals surface area contributed by atoms with Crippen LogP contribution in [0, 0.1) is 0 Å². The van der Waals surface area contributed by atoms with Gasteiger partial charge in [-0.05, 0) is 6.07 Å². The van der Waals surface area contributed by atoms with Gasteiger partial charge in [-0.25, -0.2) is 4.98 Å². The summed E-state index contributed by atoms with van der Waals surface area (Å²) in [7, 11) is 1.93. The Kier molecular flexibility index (Phi) is 4.31. The van der Waals surface area contributed by atoms with Gasteiger partial charge >= 0.3 is 6.18 Å². The summed E-state index contributed by atoms with van der Waals surface area (Å²) >= 11 is 0. The van der Waals surface area contributed by atoms with E-state index in [9.17, 15) is 13.2 Å². The second-order valence-corrected chi connectivity index (χ2v) is 4.28. The van der Waals surface area contributed by atoms with Crippen LogP contribution in [0.15, 0.2) is 23.3 Å². The summed E-state index contributed by atoms with van der Waals surface area (Å²) in [6, 6.07) is 2.16. The van der Waals surface area contributed by atoms with Crippen molar-refractivity contribution in [2.45, 2.75) is 6.18 Å². The summed E-state index contributed by atoms with van der Waals surface area (Å²) in [5.41, 5.74) is -0.787. The number of nitrogens with one attached hydrogen (secondary N) is 1. The van der Waals surface area contributed by atoms with Crippen LogP contribution in [0.5, 0.6) is 5.88 Å². The molecule has 0 fully saturated rings. The predicted molar refractivity (Wildman–Crippen MR) is 67.7 cm³/mol. The third-order valence-corrected chi connectivity index (χ3v) is 2.76. The minimum Gasteiger partial charge on any atom is -0.476 e. The van der Waals surface area contributed by atoms with Crippen LogP contribution in [0.2, 0.25) is 0 Å². The van der Waals surface area contributed by atoms with Crippen LogP contribution in [0.4, 0.5) is 13.2 Å². The number of nitrogens with zero attached hydrogens (tertiary/aromatic N) is 3. The Morgan fingerprint density at radius 2 is 2.20 bits per heavy atom. The van der Waals surface area contributed by atoms with Crippen LogP contribution < -0.4 is 10.1 Å². The van der Waals surface area contributed by atoms with Gasteiger partial charge in [-0.3, -0.25) is 4.99 Å². The first-order valence-electron chi connectivity index (χ1n) is 6.12. The van der Waals surface area contributed by atoms with E-state index in [0.717, 1.165) is 31.3 Å². The molecular formula is C12H15F3N4O. The molecule has 1 aliphatic heterocycles. The van der Waals surface area contributed by atoms with Crippen LogP contribution in [0.3, 0.4) is 0 Å². The molecule has 0 saturated heterocycles. The van der Waals surface area contributed by atoms with Crippen molar-refractivity contribution in [3.8, 4) is 5.88 Å². The number of aromatic nitrogens is 1. The van der Waals surface area contributed by atoms with Gasteiger partial charge in [0.2, 0.25) is 5.88 Å². The molecule has 20 heavy (non-hydrogen) atoms. The number of halogens is 3. The first kappa shape index (κ1) is 14.4. The molecule has 1 aromatic heterocycles. The molecule has 8 heteroatoms. The lowest BCUT2D eigenvalue weighted by atomic mass is 10.3. The zero-order valence-electron chi connectivity index (χ0n) is 10.9. The number of pyridine rings is 1. The van der Waals surface area contributed by atoms with Crippen molar-refractivity contribution in [3.05, 3.63) is 23.9 Å². The Labute approximate surface area is 114 Å². The van der Waals surface area contributed by atoms with E-state index in [4.69, 9.17) is 4.74 Å². The monoisotopic (exact) mass is 288 g/mol. The molecule has 0 aromatic carbocycles. The number of likely N-dealkylation sites (N-methyl/N-ethyl adjacent to an activating group) is 1. The molecular weight excluding hydrogens is 273 g/mol. The molecule has 110 valence electrons. The number of aliphatic imine (C=N–C) groups is 1. The predicted octanol–water partition coefficient (Wildman–Crippen LogP) is 1.37. The van der Waals surface area contributed by atoms with E-state index in [-0.39, 0.29) is 5.88 Å². The quantitative estimate of drug-likeness (QED) is 0.850. The third-order valence-electron chi connectivity index (χ3n) is 2.76. The van der Waals surface area contributed by atoms with Gasteiger partial charge < -0.3 is 15.0 Å². The van der Waals surface area contributed by atoms with Crippen molar-refractivity contribution in [1.29, 1.82) is 0 Å². The highest BCUT2D eigenvalue weighted by molar-refractivity contribution is 5.81. The van der Waals surface area contributed by atoms with Crippen molar-refractivity contribution in [3.63, 3.8) is 0 Å². The number of rotatable bonds is 4. The van der Waals surface area contributed by atoms with Gasteiger partial charge in [0.15, 0.2) is 5.96 Å². The summed E-state index contributed by atoms with van der Waals surface area (Å²) in [6.07, 6.45) is -3.62. The highest BCUT2D eigenvalue weighted by Gasteiger charge is 2.30. The molecule has 1 aliphatic rings. The van der Waals surface area contributed by atoms with E-state index >= 15 is 0 Å². The van der Waals surface area contributed by atoms with Crippen LogP contribution in [-0.4, -0.2) is 49.1 Å². The van der Waals surface area contributed by atoms with Crippen molar-refractivity contribution < 1.29 is 17.9 Å². The first-order valence-corrected chi connectivity index (χ1v) is 6.12. The molecule has 0 spiro atoms. The fourth-order valence-corrected chi connectivity index (χ4v) is 1.68. The molecule has 0 amide bonds. The molecule has 0 saturated carbocycles. The Morgan fingerprint density at radius 3 is 2.75 bits per heavy atom. The van der Waals surface area contributed by atoms with E-state index in [0.29, 0.717) is 13.2 Å². The van der Waals surface area contributed by atoms with Gasteiger partial charge in [-0.1, -0.05) is 0 Å². The SMILES string of the molecule is CN1CCN=C1NCCOc1ccc(C(F)(F)F)cn1. The van der Waals surface area contributed by atoms with Crippen molar-refractivity contribution in [2.75, 3.05) is 33.3 Å². The van der Waals surface area contributed by atoms with Crippen molar-refractivity contribution in [2.24, 2.45) is 4.99 Å². The third kappa shape index (κ3) is 3.75. The van der Waals surface area contributed by atoms with Gasteiger partial charge in [0, 0.05) is 25.9 Å². The summed E-state index contributed by atoms with van der Waals surface area (Å²) in [6.45, 7) is 2.45. The number of alkyl halides is 3. The van der Waals surface area contributed by atoms with Crippen LogP contribution in [-0.2, 0) is 6.18 Å². The zero-order chi connectivity index (χ0) is 14.6. The second-order valence-electron chi connectivity index (χ2n) is 4.28. The summed E-state index contributed by atoms with van der Waals surface area (Å²) < 4.78 is 42.2. The Balaban J connectivity index is 1.74. The fourth-order valence-electron chi connectivity index (χ4n) is 1.68. The first-order chi connectivity index (χ1) is 9.47. The van der Waals surface area contributed by atoms with Crippen molar-refractivity contribution >= 4 is 5.96 Å². The summed E-state index contributed by atoms with van der Waals surface area (Å²) in [5.74, 6) is 0.968. The molecule has 0 radical (unpaired) electrons. The Hall–Kier alpha value is -1.99. The normalized spacial score (nSPS) is 15.2. The molecule has 2 rings (SSSR count). The number of hydrogen-bond acceptors (Lipinski definition) is 5. The average Bonchev–Trinajstić information content (AvgIpc) is 2.80. The maximum atomic E-state index is 12.3. The Morgan fingerprint density at radius 1 is 1.40 bits per heavy atom. The largest absolute Gasteiger partial charge is 0.476 e. The maximum Gasteiger partial charge on any atom is 0.417 e. The summed E-state index contributed by atoms with van der Waals surface area (Å²) in [4.78, 5) is 9.84. The smallest absolute Gasteiger partial charge is 0.417 e. The van der Waals surface area contributed by atoms with Crippen LogP contribution in [0.25, 0.3) is 0 Å².